The van der Waals surface area contributed by atoms with E-state index in [4.69, 9.17) is 0 Å². The van der Waals surface area contributed by atoms with Crippen LogP contribution in [0.4, 0.5) is 5.82 Å². The van der Waals surface area contributed by atoms with Gasteiger partial charge in [-0.05, 0) is 13.2 Å². The van der Waals surface area contributed by atoms with E-state index >= 15 is 0 Å². The summed E-state index contributed by atoms with van der Waals surface area (Å²) in [6.45, 7) is 5.71. The van der Waals surface area contributed by atoms with Crippen LogP contribution in [-0.2, 0) is 0 Å². The Balaban J connectivity index is 2.71. The molecule has 0 fully saturated rings. The van der Waals surface area contributed by atoms with E-state index in [9.17, 15) is 0 Å². The van der Waals surface area contributed by atoms with Gasteiger partial charge in [-0.3, -0.25) is 0 Å². The van der Waals surface area contributed by atoms with Crippen molar-refractivity contribution in [3.8, 4) is 0 Å². The van der Waals surface area contributed by atoms with Gasteiger partial charge in [0.2, 0.25) is 0 Å². The predicted molar refractivity (Wildman–Crippen MR) is 57.1 cm³/mol. The van der Waals surface area contributed by atoms with Crippen LogP contribution >= 0.6 is 11.8 Å². The summed E-state index contributed by atoms with van der Waals surface area (Å²) in [5, 5.41) is 4.15. The Bertz CT molecular complexity index is 288. The van der Waals surface area contributed by atoms with Gasteiger partial charge in [-0.15, -0.1) is 18.3 Å². The second-order valence-electron chi connectivity index (χ2n) is 2.61. The summed E-state index contributed by atoms with van der Waals surface area (Å²) in [5.74, 6) is 0.840. The molecule has 0 bridgehead atoms. The summed E-state index contributed by atoms with van der Waals surface area (Å²) in [6.07, 6.45) is 5.38. The molecule has 1 aromatic rings. The Morgan fingerprint density at radius 2 is 2.38 bits per heavy atom. The first-order chi connectivity index (χ1) is 6.26. The van der Waals surface area contributed by atoms with Gasteiger partial charge in [-0.25, -0.2) is 9.97 Å². The summed E-state index contributed by atoms with van der Waals surface area (Å²) in [4.78, 5) is 8.17. The van der Waals surface area contributed by atoms with E-state index in [0.29, 0.717) is 0 Å². The van der Waals surface area contributed by atoms with Crippen LogP contribution in [-0.4, -0.2) is 22.3 Å². The predicted octanol–water partition coefficient (Wildman–Crippen LogP) is 2.18. The fourth-order valence-corrected chi connectivity index (χ4v) is 1.20. The van der Waals surface area contributed by atoms with E-state index in [1.165, 1.54) is 0 Å². The molecule has 0 aliphatic rings. The average Bonchev–Trinajstić information content (AvgIpc) is 2.18. The molecule has 1 atom stereocenters. The lowest BCUT2D eigenvalue weighted by Gasteiger charge is -2.09. The first kappa shape index (κ1) is 10.1. The minimum atomic E-state index is 0.226. The second kappa shape index (κ2) is 4.87. The molecule has 13 heavy (non-hydrogen) atoms. The summed E-state index contributed by atoms with van der Waals surface area (Å²) < 4.78 is 0. The molecular formula is C9H13N3S. The van der Waals surface area contributed by atoms with Crippen LogP contribution in [0.25, 0.3) is 0 Å². The molecule has 4 heteroatoms. The van der Waals surface area contributed by atoms with Crippen molar-refractivity contribution >= 4 is 17.6 Å². The maximum atomic E-state index is 4.09. The minimum absolute atomic E-state index is 0.226. The zero-order chi connectivity index (χ0) is 9.68. The molecule has 1 N–H and O–H groups in total. The van der Waals surface area contributed by atoms with Crippen molar-refractivity contribution in [2.45, 2.75) is 18.0 Å². The Kier molecular flexibility index (Phi) is 3.76. The third kappa shape index (κ3) is 3.06. The van der Waals surface area contributed by atoms with Gasteiger partial charge in [0.15, 0.2) is 0 Å². The monoisotopic (exact) mass is 195 g/mol. The molecule has 0 aliphatic heterocycles. The second-order valence-corrected chi connectivity index (χ2v) is 3.44. The molecule has 1 rings (SSSR count). The summed E-state index contributed by atoms with van der Waals surface area (Å²) in [6, 6.07) is 2.15. The highest BCUT2D eigenvalue weighted by Crippen LogP contribution is 2.14. The Morgan fingerprint density at radius 3 is 3.00 bits per heavy atom. The third-order valence-electron chi connectivity index (χ3n) is 1.58. The number of nitrogens with zero attached hydrogens (tertiary/aromatic N) is 2. The molecule has 1 unspecified atom stereocenters. The number of hydrogen-bond donors (Lipinski definition) is 1. The number of hydrogen-bond acceptors (Lipinski definition) is 4. The Labute approximate surface area is 82.7 Å². The SMILES string of the molecule is C=CC(C)Nc1cc(SC)ncn1. The van der Waals surface area contributed by atoms with Crippen molar-refractivity contribution in [3.63, 3.8) is 0 Å². The highest BCUT2D eigenvalue weighted by molar-refractivity contribution is 7.98. The Hall–Kier alpha value is -1.03. The van der Waals surface area contributed by atoms with E-state index in [-0.39, 0.29) is 6.04 Å². The first-order valence-corrected chi connectivity index (χ1v) is 5.24. The summed E-state index contributed by atoms with van der Waals surface area (Å²) >= 11 is 1.60. The van der Waals surface area contributed by atoms with Gasteiger partial charge < -0.3 is 5.32 Å². The van der Waals surface area contributed by atoms with Crippen LogP contribution in [0.15, 0.2) is 30.1 Å². The van der Waals surface area contributed by atoms with Crippen LogP contribution in [0.5, 0.6) is 0 Å². The first-order valence-electron chi connectivity index (χ1n) is 4.01. The molecule has 0 spiro atoms. The van der Waals surface area contributed by atoms with E-state index < -0.39 is 0 Å². The lowest BCUT2D eigenvalue weighted by molar-refractivity contribution is 0.958. The molecule has 0 saturated carbocycles. The smallest absolute Gasteiger partial charge is 0.130 e. The largest absolute Gasteiger partial charge is 0.364 e. The van der Waals surface area contributed by atoms with E-state index in [1.807, 2.05) is 25.3 Å². The number of anilines is 1. The zero-order valence-electron chi connectivity index (χ0n) is 7.82. The van der Waals surface area contributed by atoms with Crippen LogP contribution in [0, 0.1) is 0 Å². The zero-order valence-corrected chi connectivity index (χ0v) is 8.64. The van der Waals surface area contributed by atoms with Gasteiger partial charge in [-0.2, -0.15) is 0 Å². The molecule has 3 nitrogen and oxygen atoms in total. The molecule has 0 aromatic carbocycles. The molecule has 0 amide bonds. The van der Waals surface area contributed by atoms with E-state index in [1.54, 1.807) is 18.1 Å². The van der Waals surface area contributed by atoms with Gasteiger partial charge in [0.25, 0.3) is 0 Å². The quantitative estimate of drug-likeness (QED) is 0.454. The van der Waals surface area contributed by atoms with Crippen molar-refractivity contribution < 1.29 is 0 Å². The normalized spacial score (nSPS) is 12.2. The average molecular weight is 195 g/mol. The van der Waals surface area contributed by atoms with Crippen molar-refractivity contribution in [2.75, 3.05) is 11.6 Å². The molecule has 0 saturated heterocycles. The van der Waals surface area contributed by atoms with Gasteiger partial charge in [0.05, 0.1) is 0 Å². The van der Waals surface area contributed by atoms with Gasteiger partial charge in [0, 0.05) is 12.1 Å². The number of aromatic nitrogens is 2. The van der Waals surface area contributed by atoms with Crippen molar-refractivity contribution in [2.24, 2.45) is 0 Å². The molecular weight excluding hydrogens is 182 g/mol. The number of thioether (sulfide) groups is 1. The highest BCUT2D eigenvalue weighted by Gasteiger charge is 1.99. The van der Waals surface area contributed by atoms with Gasteiger partial charge >= 0.3 is 0 Å². The maximum absolute atomic E-state index is 4.09. The molecule has 0 radical (unpaired) electrons. The third-order valence-corrected chi connectivity index (χ3v) is 2.22. The molecule has 70 valence electrons. The number of rotatable bonds is 4. The maximum Gasteiger partial charge on any atom is 0.130 e. The lowest BCUT2D eigenvalue weighted by Crippen LogP contribution is -2.12. The van der Waals surface area contributed by atoms with Crippen molar-refractivity contribution in [1.29, 1.82) is 0 Å². The van der Waals surface area contributed by atoms with Gasteiger partial charge in [0.1, 0.15) is 17.2 Å². The standard InChI is InChI=1S/C9H13N3S/c1-4-7(2)12-8-5-9(13-3)11-6-10-8/h4-7H,1H2,2-3H3,(H,10,11,12). The molecule has 1 aromatic heterocycles. The van der Waals surface area contributed by atoms with Crippen molar-refractivity contribution in [1.82, 2.24) is 9.97 Å². The Morgan fingerprint density at radius 1 is 1.62 bits per heavy atom. The van der Waals surface area contributed by atoms with Crippen LogP contribution < -0.4 is 5.32 Å². The lowest BCUT2D eigenvalue weighted by atomic mass is 10.3. The van der Waals surface area contributed by atoms with Gasteiger partial charge in [-0.1, -0.05) is 6.08 Å². The number of nitrogens with one attached hydrogen (secondary N) is 1. The molecule has 0 aliphatic carbocycles. The van der Waals surface area contributed by atoms with Crippen LogP contribution in [0.2, 0.25) is 0 Å². The van der Waals surface area contributed by atoms with E-state index in [0.717, 1.165) is 10.8 Å². The van der Waals surface area contributed by atoms with Crippen LogP contribution in [0.1, 0.15) is 6.92 Å². The van der Waals surface area contributed by atoms with E-state index in [2.05, 4.69) is 21.9 Å². The van der Waals surface area contributed by atoms with Crippen LogP contribution in [0.3, 0.4) is 0 Å². The van der Waals surface area contributed by atoms with Crippen molar-refractivity contribution in [3.05, 3.63) is 25.0 Å². The topological polar surface area (TPSA) is 37.8 Å². The summed E-state index contributed by atoms with van der Waals surface area (Å²) in [7, 11) is 0. The fraction of sp³-hybridized carbons (Fsp3) is 0.333. The minimum Gasteiger partial charge on any atom is -0.364 e. The summed E-state index contributed by atoms with van der Waals surface area (Å²) in [5.41, 5.74) is 0. The fourth-order valence-electron chi connectivity index (χ4n) is 0.822. The highest BCUT2D eigenvalue weighted by atomic mass is 32.2. The molecule has 1 heterocycles.